The molecule has 2 unspecified atom stereocenters. The fourth-order valence-corrected chi connectivity index (χ4v) is 4.73. The number of benzene rings is 1. The van der Waals surface area contributed by atoms with Crippen LogP contribution in [0.25, 0.3) is 11.2 Å². The van der Waals surface area contributed by atoms with Gasteiger partial charge in [0.15, 0.2) is 17.0 Å². The first-order chi connectivity index (χ1) is 16.1. The highest BCUT2D eigenvalue weighted by Gasteiger charge is 2.58. The molecule has 10 nitrogen and oxygen atoms in total. The maximum atomic E-state index is 12.7. The van der Waals surface area contributed by atoms with Crippen molar-refractivity contribution in [3.8, 4) is 5.75 Å². The number of aromatic nitrogens is 6. The standard InChI is InChI=1S/C21H21N7O3.C2H6/c1-26-10-22-20-18(26)21(29)28(11-23-20)9-16-24-19(25-31-16)17-14-7-27(8-15(14)17)12-4-3-5-13(6-12)30-2;1-2/h3-6,10-11,14-15,17H,7-9H2,1-2H3;1-2H3. The molecule has 33 heavy (non-hydrogen) atoms. The first-order valence-electron chi connectivity index (χ1n) is 11.2. The number of anilines is 1. The maximum Gasteiger partial charge on any atom is 0.280 e. The summed E-state index contributed by atoms with van der Waals surface area (Å²) in [6.45, 7) is 6.12. The van der Waals surface area contributed by atoms with E-state index in [1.54, 1.807) is 25.1 Å². The minimum Gasteiger partial charge on any atom is -0.497 e. The molecule has 0 N–H and O–H groups in total. The summed E-state index contributed by atoms with van der Waals surface area (Å²) in [6, 6.07) is 8.15. The van der Waals surface area contributed by atoms with E-state index >= 15 is 0 Å². The van der Waals surface area contributed by atoms with Crippen LogP contribution in [0, 0.1) is 11.8 Å². The van der Waals surface area contributed by atoms with E-state index < -0.39 is 0 Å². The monoisotopic (exact) mass is 449 g/mol. The predicted molar refractivity (Wildman–Crippen MR) is 122 cm³/mol. The second-order valence-corrected chi connectivity index (χ2v) is 8.21. The van der Waals surface area contributed by atoms with Crippen LogP contribution in [0.3, 0.4) is 0 Å². The second kappa shape index (κ2) is 8.34. The molecule has 1 aliphatic carbocycles. The minimum absolute atomic E-state index is 0.179. The Balaban J connectivity index is 0.00000111. The Morgan fingerprint density at radius 3 is 2.67 bits per heavy atom. The largest absolute Gasteiger partial charge is 0.497 e. The molecule has 0 radical (unpaired) electrons. The van der Waals surface area contributed by atoms with Crippen LogP contribution in [0.1, 0.15) is 31.5 Å². The smallest absolute Gasteiger partial charge is 0.280 e. The molecule has 2 atom stereocenters. The number of rotatable bonds is 5. The molecular weight excluding hydrogens is 422 g/mol. The number of hydrogen-bond donors (Lipinski definition) is 0. The second-order valence-electron chi connectivity index (χ2n) is 8.21. The number of aryl methyl sites for hydroxylation is 1. The third-order valence-corrected chi connectivity index (χ3v) is 6.40. The number of piperidine rings is 1. The summed E-state index contributed by atoms with van der Waals surface area (Å²) >= 11 is 0. The van der Waals surface area contributed by atoms with Crippen molar-refractivity contribution in [2.45, 2.75) is 26.3 Å². The highest BCUT2D eigenvalue weighted by Crippen LogP contribution is 2.58. The number of methoxy groups -OCH3 is 1. The molecule has 10 heteroatoms. The van der Waals surface area contributed by atoms with Gasteiger partial charge in [-0.25, -0.2) is 9.97 Å². The van der Waals surface area contributed by atoms with E-state index in [0.29, 0.717) is 34.8 Å². The highest BCUT2D eigenvalue weighted by molar-refractivity contribution is 5.68. The van der Waals surface area contributed by atoms with Crippen molar-refractivity contribution in [2.24, 2.45) is 18.9 Å². The Morgan fingerprint density at radius 1 is 1.15 bits per heavy atom. The lowest BCUT2D eigenvalue weighted by atomic mass is 10.2. The zero-order chi connectivity index (χ0) is 23.1. The summed E-state index contributed by atoms with van der Waals surface area (Å²) in [5.74, 6) is 3.37. The SMILES string of the molecule is CC.COc1cccc(N2CC3C(C2)C3c2noc(Cn3cnc4ncn(C)c4c3=O)n2)c1. The lowest BCUT2D eigenvalue weighted by molar-refractivity contribution is 0.363. The summed E-state index contributed by atoms with van der Waals surface area (Å²) in [4.78, 5) is 28.0. The summed E-state index contributed by atoms with van der Waals surface area (Å²) in [7, 11) is 3.46. The lowest BCUT2D eigenvalue weighted by Crippen LogP contribution is -2.23. The van der Waals surface area contributed by atoms with Gasteiger partial charge in [0.25, 0.3) is 5.56 Å². The van der Waals surface area contributed by atoms with Crippen LogP contribution in [0.15, 0.2) is 46.2 Å². The highest BCUT2D eigenvalue weighted by atomic mass is 16.5. The molecule has 4 heterocycles. The molecule has 4 aromatic rings. The molecule has 2 aliphatic rings. The van der Waals surface area contributed by atoms with Gasteiger partial charge >= 0.3 is 0 Å². The minimum atomic E-state index is -0.179. The molecule has 0 bridgehead atoms. The average Bonchev–Trinajstić information content (AvgIpc) is 3.26. The van der Waals surface area contributed by atoms with Gasteiger partial charge in [0, 0.05) is 37.8 Å². The zero-order valence-electron chi connectivity index (χ0n) is 19.2. The average molecular weight is 450 g/mol. The van der Waals surface area contributed by atoms with E-state index in [1.165, 1.54) is 16.6 Å². The fourth-order valence-electron chi connectivity index (χ4n) is 4.73. The van der Waals surface area contributed by atoms with E-state index in [9.17, 15) is 4.79 Å². The molecule has 6 rings (SSSR count). The van der Waals surface area contributed by atoms with Gasteiger partial charge in [0.1, 0.15) is 18.6 Å². The van der Waals surface area contributed by atoms with E-state index in [-0.39, 0.29) is 12.1 Å². The number of fused-ring (bicyclic) bond motifs is 2. The number of ether oxygens (including phenoxy) is 1. The van der Waals surface area contributed by atoms with Crippen LogP contribution in [0.5, 0.6) is 5.75 Å². The molecular formula is C23H27N7O3. The topological polar surface area (TPSA) is 104 Å². The third-order valence-electron chi connectivity index (χ3n) is 6.40. The lowest BCUT2D eigenvalue weighted by Gasteiger charge is -2.21. The maximum absolute atomic E-state index is 12.7. The molecule has 1 aliphatic heterocycles. The number of hydrogen-bond acceptors (Lipinski definition) is 8. The number of imidazole rings is 1. The van der Waals surface area contributed by atoms with Crippen LogP contribution >= 0.6 is 0 Å². The van der Waals surface area contributed by atoms with Crippen LogP contribution in [-0.4, -0.2) is 49.4 Å². The van der Waals surface area contributed by atoms with Crippen LogP contribution in [-0.2, 0) is 13.6 Å². The van der Waals surface area contributed by atoms with Crippen molar-refractivity contribution in [3.63, 3.8) is 0 Å². The summed E-state index contributed by atoms with van der Waals surface area (Å²) in [6.07, 6.45) is 3.05. The van der Waals surface area contributed by atoms with E-state index in [2.05, 4.69) is 37.1 Å². The normalized spacial score (nSPS) is 21.0. The van der Waals surface area contributed by atoms with Crippen molar-refractivity contribution < 1.29 is 9.26 Å². The molecule has 2 fully saturated rings. The molecule has 0 spiro atoms. The molecule has 1 aromatic carbocycles. The first kappa shape index (κ1) is 21.2. The Morgan fingerprint density at radius 2 is 1.91 bits per heavy atom. The summed E-state index contributed by atoms with van der Waals surface area (Å²) in [5.41, 5.74) is 1.89. The van der Waals surface area contributed by atoms with Crippen molar-refractivity contribution in [1.29, 1.82) is 0 Å². The van der Waals surface area contributed by atoms with Gasteiger partial charge in [-0.2, -0.15) is 4.98 Å². The van der Waals surface area contributed by atoms with Gasteiger partial charge in [-0.05, 0) is 24.0 Å². The Bertz CT molecular complexity index is 1330. The van der Waals surface area contributed by atoms with Crippen molar-refractivity contribution in [1.82, 2.24) is 29.2 Å². The molecule has 0 amide bonds. The zero-order valence-corrected chi connectivity index (χ0v) is 19.2. The Hall–Kier alpha value is -3.69. The summed E-state index contributed by atoms with van der Waals surface area (Å²) in [5, 5.41) is 4.20. The van der Waals surface area contributed by atoms with Gasteiger partial charge in [0.05, 0.1) is 13.4 Å². The molecule has 3 aromatic heterocycles. The van der Waals surface area contributed by atoms with Gasteiger partial charge in [-0.1, -0.05) is 25.1 Å². The predicted octanol–water partition coefficient (Wildman–Crippen LogP) is 2.45. The molecule has 1 saturated heterocycles. The Labute approximate surface area is 190 Å². The van der Waals surface area contributed by atoms with E-state index in [0.717, 1.165) is 24.7 Å². The quantitative estimate of drug-likeness (QED) is 0.458. The van der Waals surface area contributed by atoms with Crippen LogP contribution in [0.2, 0.25) is 0 Å². The van der Waals surface area contributed by atoms with Crippen molar-refractivity contribution >= 4 is 16.9 Å². The van der Waals surface area contributed by atoms with Crippen LogP contribution < -0.4 is 15.2 Å². The first-order valence-corrected chi connectivity index (χ1v) is 11.2. The van der Waals surface area contributed by atoms with E-state index in [1.807, 2.05) is 26.0 Å². The van der Waals surface area contributed by atoms with Gasteiger partial charge in [0.2, 0.25) is 5.89 Å². The molecule has 172 valence electrons. The number of nitrogens with zero attached hydrogens (tertiary/aromatic N) is 7. The van der Waals surface area contributed by atoms with Gasteiger partial charge in [-0.3, -0.25) is 9.36 Å². The van der Waals surface area contributed by atoms with E-state index in [4.69, 9.17) is 9.26 Å². The molecule has 1 saturated carbocycles. The van der Waals surface area contributed by atoms with Gasteiger partial charge < -0.3 is 18.7 Å². The van der Waals surface area contributed by atoms with Crippen molar-refractivity contribution in [2.75, 3.05) is 25.1 Å². The van der Waals surface area contributed by atoms with Gasteiger partial charge in [-0.15, -0.1) is 0 Å². The Kier molecular flexibility index (Phi) is 5.35. The summed E-state index contributed by atoms with van der Waals surface area (Å²) < 4.78 is 13.9. The fraction of sp³-hybridized carbons (Fsp3) is 0.435. The third kappa shape index (κ3) is 3.65. The van der Waals surface area contributed by atoms with Crippen molar-refractivity contribution in [3.05, 3.63) is 59.0 Å². The van der Waals surface area contributed by atoms with Crippen LogP contribution in [0.4, 0.5) is 5.69 Å².